The molecule has 3 aromatic rings. The molecule has 2 aromatic heterocycles. The number of halogens is 1. The molecular formula is C16H15FN6. The Balaban J connectivity index is 1.64. The van der Waals surface area contributed by atoms with Crippen LogP contribution in [0.1, 0.15) is 5.69 Å². The van der Waals surface area contributed by atoms with Crippen LogP contribution >= 0.6 is 0 Å². The molecule has 0 saturated heterocycles. The first kappa shape index (κ1) is 13.7. The maximum absolute atomic E-state index is 13.1. The highest BCUT2D eigenvalue weighted by molar-refractivity contribution is 5.77. The Morgan fingerprint density at radius 1 is 1.22 bits per heavy atom. The van der Waals surface area contributed by atoms with Crippen molar-refractivity contribution < 1.29 is 4.39 Å². The van der Waals surface area contributed by atoms with E-state index in [9.17, 15) is 4.39 Å². The molecule has 0 fully saturated rings. The Kier molecular flexibility index (Phi) is 3.18. The summed E-state index contributed by atoms with van der Waals surface area (Å²) < 4.78 is 14.8. The molecule has 0 bridgehead atoms. The molecule has 0 atom stereocenters. The molecule has 6 nitrogen and oxygen atoms in total. The van der Waals surface area contributed by atoms with Crippen LogP contribution in [0.15, 0.2) is 42.7 Å². The van der Waals surface area contributed by atoms with Gasteiger partial charge in [0, 0.05) is 25.0 Å². The number of nitrogens with zero attached hydrogens (tertiary/aromatic N) is 5. The van der Waals surface area contributed by atoms with E-state index >= 15 is 0 Å². The summed E-state index contributed by atoms with van der Waals surface area (Å²) in [5.74, 6) is 0.605. The number of pyridine rings is 1. The molecule has 23 heavy (non-hydrogen) atoms. The molecule has 0 amide bonds. The summed E-state index contributed by atoms with van der Waals surface area (Å²) in [4.78, 5) is 6.62. The van der Waals surface area contributed by atoms with E-state index in [2.05, 4.69) is 31.6 Å². The average molecular weight is 310 g/mol. The van der Waals surface area contributed by atoms with Crippen LogP contribution in [0, 0.1) is 5.82 Å². The first-order valence-electron chi connectivity index (χ1n) is 7.29. The Labute approximate surface area is 132 Å². The van der Waals surface area contributed by atoms with Gasteiger partial charge in [-0.15, -0.1) is 5.10 Å². The SMILES string of the molecule is Cn1cc(CN2CNc3ncc(-c4ccc(F)cc4)cc32)nn1. The van der Waals surface area contributed by atoms with Gasteiger partial charge in [-0.1, -0.05) is 17.3 Å². The first-order chi connectivity index (χ1) is 11.2. The predicted molar refractivity (Wildman–Crippen MR) is 85.3 cm³/mol. The zero-order chi connectivity index (χ0) is 15.8. The number of aromatic nitrogens is 4. The number of hydrogen-bond donors (Lipinski definition) is 1. The topological polar surface area (TPSA) is 58.9 Å². The fourth-order valence-corrected chi connectivity index (χ4v) is 2.69. The molecular weight excluding hydrogens is 295 g/mol. The minimum atomic E-state index is -0.242. The maximum atomic E-state index is 13.1. The molecule has 0 spiro atoms. The van der Waals surface area contributed by atoms with Crippen molar-refractivity contribution in [1.29, 1.82) is 0 Å². The van der Waals surface area contributed by atoms with Gasteiger partial charge in [0.25, 0.3) is 0 Å². The largest absolute Gasteiger partial charge is 0.351 e. The van der Waals surface area contributed by atoms with Crippen molar-refractivity contribution in [3.63, 3.8) is 0 Å². The van der Waals surface area contributed by atoms with Gasteiger partial charge in [-0.05, 0) is 23.8 Å². The molecule has 116 valence electrons. The molecule has 1 N–H and O–H groups in total. The third-order valence-corrected chi connectivity index (χ3v) is 3.83. The number of hydrogen-bond acceptors (Lipinski definition) is 5. The van der Waals surface area contributed by atoms with Crippen molar-refractivity contribution in [1.82, 2.24) is 20.0 Å². The molecule has 7 heteroatoms. The minimum absolute atomic E-state index is 0.242. The quantitative estimate of drug-likeness (QED) is 0.805. The smallest absolute Gasteiger partial charge is 0.151 e. The first-order valence-corrected chi connectivity index (χ1v) is 7.29. The summed E-state index contributed by atoms with van der Waals surface area (Å²) in [5, 5.41) is 11.3. The summed E-state index contributed by atoms with van der Waals surface area (Å²) >= 11 is 0. The maximum Gasteiger partial charge on any atom is 0.151 e. The van der Waals surface area contributed by atoms with Gasteiger partial charge in [0.1, 0.15) is 11.5 Å². The van der Waals surface area contributed by atoms with Crippen molar-refractivity contribution in [2.75, 3.05) is 16.9 Å². The lowest BCUT2D eigenvalue weighted by Crippen LogP contribution is -2.22. The van der Waals surface area contributed by atoms with E-state index in [0.29, 0.717) is 13.2 Å². The van der Waals surface area contributed by atoms with Crippen LogP contribution in [0.2, 0.25) is 0 Å². The molecule has 0 saturated carbocycles. The van der Waals surface area contributed by atoms with Gasteiger partial charge in [0.2, 0.25) is 0 Å². The average Bonchev–Trinajstić information content (AvgIpc) is 3.15. The van der Waals surface area contributed by atoms with E-state index in [4.69, 9.17) is 0 Å². The molecule has 4 rings (SSSR count). The molecule has 1 aliphatic heterocycles. The second kappa shape index (κ2) is 5.35. The normalized spacial score (nSPS) is 13.0. The number of fused-ring (bicyclic) bond motifs is 1. The van der Waals surface area contributed by atoms with Gasteiger partial charge in [0.15, 0.2) is 5.82 Å². The molecule has 0 aliphatic carbocycles. The Morgan fingerprint density at radius 3 is 2.78 bits per heavy atom. The number of nitrogens with one attached hydrogen (secondary N) is 1. The van der Waals surface area contributed by atoms with E-state index in [1.807, 2.05) is 13.2 Å². The van der Waals surface area contributed by atoms with Crippen LogP contribution in [-0.2, 0) is 13.6 Å². The molecule has 1 aliphatic rings. The van der Waals surface area contributed by atoms with Crippen molar-refractivity contribution in [2.24, 2.45) is 7.05 Å². The second-order valence-electron chi connectivity index (χ2n) is 5.52. The highest BCUT2D eigenvalue weighted by atomic mass is 19.1. The molecule has 0 radical (unpaired) electrons. The zero-order valence-electron chi connectivity index (χ0n) is 12.6. The third-order valence-electron chi connectivity index (χ3n) is 3.83. The third kappa shape index (κ3) is 2.61. The van der Waals surface area contributed by atoms with Crippen LogP contribution < -0.4 is 10.2 Å². The van der Waals surface area contributed by atoms with Crippen LogP contribution in [0.25, 0.3) is 11.1 Å². The zero-order valence-corrected chi connectivity index (χ0v) is 12.6. The number of anilines is 2. The number of aryl methyl sites for hydroxylation is 1. The summed E-state index contributed by atoms with van der Waals surface area (Å²) in [6.07, 6.45) is 3.69. The lowest BCUT2D eigenvalue weighted by molar-refractivity contribution is 0.628. The van der Waals surface area contributed by atoms with Gasteiger partial charge in [0.05, 0.1) is 18.9 Å². The van der Waals surface area contributed by atoms with E-state index in [-0.39, 0.29) is 5.82 Å². The Bertz CT molecular complexity index is 842. The monoisotopic (exact) mass is 310 g/mol. The summed E-state index contributed by atoms with van der Waals surface area (Å²) in [6, 6.07) is 8.49. The fraction of sp³-hybridized carbons (Fsp3) is 0.188. The predicted octanol–water partition coefficient (Wildman–Crippen LogP) is 2.41. The molecule has 1 aromatic carbocycles. The van der Waals surface area contributed by atoms with Gasteiger partial charge < -0.3 is 10.2 Å². The van der Waals surface area contributed by atoms with Crippen molar-refractivity contribution >= 4 is 11.5 Å². The van der Waals surface area contributed by atoms with Crippen LogP contribution in [0.4, 0.5) is 15.9 Å². The summed E-state index contributed by atoms with van der Waals surface area (Å²) in [7, 11) is 1.85. The second-order valence-corrected chi connectivity index (χ2v) is 5.52. The highest BCUT2D eigenvalue weighted by Crippen LogP contribution is 2.34. The molecule has 0 unspecified atom stereocenters. The van der Waals surface area contributed by atoms with Crippen molar-refractivity contribution in [3.05, 3.63) is 54.2 Å². The lowest BCUT2D eigenvalue weighted by atomic mass is 10.1. The van der Waals surface area contributed by atoms with Crippen LogP contribution in [0.3, 0.4) is 0 Å². The van der Waals surface area contributed by atoms with Gasteiger partial charge in [-0.3, -0.25) is 4.68 Å². The van der Waals surface area contributed by atoms with Crippen LogP contribution in [0.5, 0.6) is 0 Å². The summed E-state index contributed by atoms with van der Waals surface area (Å²) in [5.41, 5.74) is 3.80. The Hall–Kier alpha value is -2.96. The van der Waals surface area contributed by atoms with E-state index in [1.165, 1.54) is 12.1 Å². The van der Waals surface area contributed by atoms with E-state index in [0.717, 1.165) is 28.3 Å². The van der Waals surface area contributed by atoms with Crippen LogP contribution in [-0.4, -0.2) is 26.6 Å². The van der Waals surface area contributed by atoms with Gasteiger partial charge >= 0.3 is 0 Å². The number of rotatable bonds is 3. The lowest BCUT2D eigenvalue weighted by Gasteiger charge is -2.16. The Morgan fingerprint density at radius 2 is 2.04 bits per heavy atom. The van der Waals surface area contributed by atoms with Gasteiger partial charge in [-0.2, -0.15) is 0 Å². The minimum Gasteiger partial charge on any atom is -0.351 e. The highest BCUT2D eigenvalue weighted by Gasteiger charge is 2.21. The van der Waals surface area contributed by atoms with E-state index < -0.39 is 0 Å². The van der Waals surface area contributed by atoms with E-state index in [1.54, 1.807) is 23.0 Å². The van der Waals surface area contributed by atoms with Crippen molar-refractivity contribution in [2.45, 2.75) is 6.54 Å². The van der Waals surface area contributed by atoms with Gasteiger partial charge in [-0.25, -0.2) is 9.37 Å². The standard InChI is InChI=1S/C16H15FN6/c1-22-8-14(20-21-22)9-23-10-19-16-15(23)6-12(7-18-16)11-2-4-13(17)5-3-11/h2-8H,9-10H2,1H3,(H,18,19). The number of benzene rings is 1. The summed E-state index contributed by atoms with van der Waals surface area (Å²) in [6.45, 7) is 1.33. The van der Waals surface area contributed by atoms with Crippen molar-refractivity contribution in [3.8, 4) is 11.1 Å². The molecule has 3 heterocycles. The fourth-order valence-electron chi connectivity index (χ4n) is 2.69.